The first kappa shape index (κ1) is 12.0. The lowest BCUT2D eigenvalue weighted by molar-refractivity contribution is -0.138. The van der Waals surface area contributed by atoms with Crippen LogP contribution in [0.3, 0.4) is 0 Å². The van der Waals surface area contributed by atoms with Crippen molar-refractivity contribution in [3.8, 4) is 0 Å². The van der Waals surface area contributed by atoms with Crippen molar-refractivity contribution < 1.29 is 19.5 Å². The van der Waals surface area contributed by atoms with Crippen LogP contribution in [0.2, 0.25) is 0 Å². The number of hydrogen-bond donors (Lipinski definition) is 1. The molecule has 0 aliphatic heterocycles. The average Bonchev–Trinajstić information content (AvgIpc) is 2.54. The highest BCUT2D eigenvalue weighted by Crippen LogP contribution is 2.39. The van der Waals surface area contributed by atoms with Gasteiger partial charge in [0.1, 0.15) is 11.6 Å². The molecule has 1 N–H and O–H groups in total. The minimum absolute atomic E-state index is 0.0324. The van der Waals surface area contributed by atoms with E-state index in [4.69, 9.17) is 5.11 Å². The molecule has 0 saturated heterocycles. The van der Waals surface area contributed by atoms with Crippen molar-refractivity contribution in [2.24, 2.45) is 17.8 Å². The summed E-state index contributed by atoms with van der Waals surface area (Å²) in [7, 11) is 0. The summed E-state index contributed by atoms with van der Waals surface area (Å²) >= 11 is 0. The Hall–Kier alpha value is -1.45. The number of carboxylic acids is 1. The van der Waals surface area contributed by atoms with Crippen LogP contribution in [0.25, 0.3) is 0 Å². The number of hydrogen-bond acceptors (Lipinski definition) is 3. The summed E-state index contributed by atoms with van der Waals surface area (Å²) < 4.78 is 0. The maximum absolute atomic E-state index is 12.0. The molecular weight excluding hydrogens is 220 g/mol. The quantitative estimate of drug-likeness (QED) is 0.594. The zero-order valence-electron chi connectivity index (χ0n) is 9.59. The van der Waals surface area contributed by atoms with Gasteiger partial charge in [-0.1, -0.05) is 12.2 Å². The topological polar surface area (TPSA) is 71.4 Å². The Bertz CT molecular complexity index is 357. The van der Waals surface area contributed by atoms with Gasteiger partial charge in [-0.2, -0.15) is 0 Å². The molecule has 2 rings (SSSR count). The number of carbonyl (C=O) groups is 3. The van der Waals surface area contributed by atoms with Crippen LogP contribution in [0.1, 0.15) is 32.1 Å². The molecule has 2 atom stereocenters. The van der Waals surface area contributed by atoms with Gasteiger partial charge in [-0.15, -0.1) is 0 Å². The third-order valence-electron chi connectivity index (χ3n) is 3.73. The van der Waals surface area contributed by atoms with E-state index in [0.29, 0.717) is 25.7 Å². The van der Waals surface area contributed by atoms with E-state index in [-0.39, 0.29) is 29.8 Å². The highest BCUT2D eigenvalue weighted by atomic mass is 16.4. The van der Waals surface area contributed by atoms with Gasteiger partial charge in [0, 0.05) is 18.3 Å². The van der Waals surface area contributed by atoms with Gasteiger partial charge in [-0.25, -0.2) is 0 Å². The molecular formula is C13H16O4. The van der Waals surface area contributed by atoms with Gasteiger partial charge in [0.15, 0.2) is 0 Å². The molecule has 0 aromatic heterocycles. The molecule has 0 heterocycles. The van der Waals surface area contributed by atoms with Gasteiger partial charge in [0.25, 0.3) is 0 Å². The minimum Gasteiger partial charge on any atom is -0.481 e. The van der Waals surface area contributed by atoms with Crippen molar-refractivity contribution in [3.63, 3.8) is 0 Å². The third kappa shape index (κ3) is 2.30. The molecule has 0 bridgehead atoms. The Morgan fingerprint density at radius 3 is 2.18 bits per heavy atom. The maximum atomic E-state index is 12.0. The summed E-state index contributed by atoms with van der Waals surface area (Å²) in [6.45, 7) is 0. The average molecular weight is 236 g/mol. The maximum Gasteiger partial charge on any atom is 0.303 e. The van der Waals surface area contributed by atoms with Crippen molar-refractivity contribution >= 4 is 17.5 Å². The SMILES string of the molecule is O=C(O)CCCC1C(=O)C2CC=CCC2C1=O. The molecule has 0 aromatic rings. The molecule has 2 aliphatic rings. The predicted octanol–water partition coefficient (Wildman–Crippen LogP) is 1.59. The second-order valence-corrected chi connectivity index (χ2v) is 4.80. The van der Waals surface area contributed by atoms with E-state index in [0.717, 1.165) is 0 Å². The first-order valence-electron chi connectivity index (χ1n) is 6.05. The molecule has 0 aromatic carbocycles. The molecule has 1 fully saturated rings. The predicted molar refractivity (Wildman–Crippen MR) is 60.3 cm³/mol. The Labute approximate surface area is 99.7 Å². The minimum atomic E-state index is -0.873. The van der Waals surface area contributed by atoms with Crippen LogP contribution < -0.4 is 0 Å². The standard InChI is InChI=1S/C13H16O4/c14-11(15)7-3-6-10-12(16)8-4-1-2-5-9(8)13(10)17/h1-2,8-10H,3-7H2,(H,14,15). The van der Waals surface area contributed by atoms with Crippen LogP contribution in [-0.2, 0) is 14.4 Å². The summed E-state index contributed by atoms with van der Waals surface area (Å²) in [6, 6.07) is 0. The summed E-state index contributed by atoms with van der Waals surface area (Å²) in [6.07, 6.45) is 6.11. The molecule has 92 valence electrons. The van der Waals surface area contributed by atoms with Crippen LogP contribution >= 0.6 is 0 Å². The number of ketones is 2. The summed E-state index contributed by atoms with van der Waals surface area (Å²) in [5.74, 6) is -1.61. The normalized spacial score (nSPS) is 31.6. The van der Waals surface area contributed by atoms with Gasteiger partial charge in [-0.3, -0.25) is 14.4 Å². The number of rotatable bonds is 4. The Morgan fingerprint density at radius 1 is 1.18 bits per heavy atom. The fourth-order valence-electron chi connectivity index (χ4n) is 2.84. The van der Waals surface area contributed by atoms with Gasteiger partial charge in [0.05, 0.1) is 5.92 Å². The number of Topliss-reactive ketones (excluding diaryl/α,β-unsaturated/α-hetero) is 2. The van der Waals surface area contributed by atoms with Crippen molar-refractivity contribution in [2.75, 3.05) is 0 Å². The van der Waals surface area contributed by atoms with Gasteiger partial charge in [0.2, 0.25) is 0 Å². The molecule has 2 aliphatic carbocycles. The van der Waals surface area contributed by atoms with Gasteiger partial charge in [-0.05, 0) is 25.7 Å². The van der Waals surface area contributed by atoms with Crippen LogP contribution in [0.4, 0.5) is 0 Å². The highest BCUT2D eigenvalue weighted by Gasteiger charge is 2.48. The zero-order chi connectivity index (χ0) is 12.4. The zero-order valence-corrected chi connectivity index (χ0v) is 9.59. The number of carbonyl (C=O) groups excluding carboxylic acids is 2. The van der Waals surface area contributed by atoms with Crippen LogP contribution in [0, 0.1) is 17.8 Å². The second-order valence-electron chi connectivity index (χ2n) is 4.80. The molecule has 0 spiro atoms. The van der Waals surface area contributed by atoms with Crippen molar-refractivity contribution in [1.29, 1.82) is 0 Å². The Morgan fingerprint density at radius 2 is 1.71 bits per heavy atom. The Balaban J connectivity index is 1.98. The smallest absolute Gasteiger partial charge is 0.303 e. The summed E-state index contributed by atoms with van der Waals surface area (Å²) in [5, 5.41) is 8.55. The van der Waals surface area contributed by atoms with E-state index in [1.165, 1.54) is 0 Å². The fraction of sp³-hybridized carbons (Fsp3) is 0.615. The number of fused-ring (bicyclic) bond motifs is 1. The second kappa shape index (κ2) is 4.82. The van der Waals surface area contributed by atoms with E-state index >= 15 is 0 Å². The van der Waals surface area contributed by atoms with Gasteiger partial charge < -0.3 is 5.11 Å². The molecule has 0 amide bonds. The van der Waals surface area contributed by atoms with E-state index in [9.17, 15) is 14.4 Å². The van der Waals surface area contributed by atoms with E-state index in [1.54, 1.807) is 0 Å². The van der Waals surface area contributed by atoms with E-state index in [1.807, 2.05) is 12.2 Å². The van der Waals surface area contributed by atoms with Gasteiger partial charge >= 0.3 is 5.97 Å². The first-order chi connectivity index (χ1) is 8.11. The number of carboxylic acid groups (broad SMARTS) is 1. The van der Waals surface area contributed by atoms with Crippen molar-refractivity contribution in [3.05, 3.63) is 12.2 Å². The van der Waals surface area contributed by atoms with Crippen molar-refractivity contribution in [1.82, 2.24) is 0 Å². The number of allylic oxidation sites excluding steroid dienone is 2. The fourth-order valence-corrected chi connectivity index (χ4v) is 2.84. The van der Waals surface area contributed by atoms with Crippen LogP contribution in [0.5, 0.6) is 0 Å². The monoisotopic (exact) mass is 236 g/mol. The van der Waals surface area contributed by atoms with Crippen LogP contribution in [0.15, 0.2) is 12.2 Å². The molecule has 17 heavy (non-hydrogen) atoms. The molecule has 0 radical (unpaired) electrons. The molecule has 2 unspecified atom stereocenters. The lowest BCUT2D eigenvalue weighted by Crippen LogP contribution is -2.18. The summed E-state index contributed by atoms with van der Waals surface area (Å²) in [4.78, 5) is 34.5. The lowest BCUT2D eigenvalue weighted by atomic mass is 9.85. The van der Waals surface area contributed by atoms with E-state index in [2.05, 4.69) is 0 Å². The molecule has 4 heteroatoms. The lowest BCUT2D eigenvalue weighted by Gasteiger charge is -2.16. The number of aliphatic carboxylic acids is 1. The Kier molecular flexibility index (Phi) is 3.41. The summed E-state index contributed by atoms with van der Waals surface area (Å²) in [5.41, 5.74) is 0. The molecule has 1 saturated carbocycles. The van der Waals surface area contributed by atoms with E-state index < -0.39 is 11.9 Å². The van der Waals surface area contributed by atoms with Crippen molar-refractivity contribution in [2.45, 2.75) is 32.1 Å². The van der Waals surface area contributed by atoms with Crippen LogP contribution in [-0.4, -0.2) is 22.6 Å². The largest absolute Gasteiger partial charge is 0.481 e. The highest BCUT2D eigenvalue weighted by molar-refractivity contribution is 6.11. The third-order valence-corrected chi connectivity index (χ3v) is 3.73. The molecule has 4 nitrogen and oxygen atoms in total. The first-order valence-corrected chi connectivity index (χ1v) is 6.05.